The monoisotopic (exact) mass is 463 g/mol. The highest BCUT2D eigenvalue weighted by Crippen LogP contribution is 2.22. The fourth-order valence-electron chi connectivity index (χ4n) is 2.72. The van der Waals surface area contributed by atoms with Gasteiger partial charge in [0, 0.05) is 23.5 Å². The number of anilines is 1. The van der Waals surface area contributed by atoms with Crippen molar-refractivity contribution in [2.45, 2.75) is 19.5 Å². The molecule has 1 atom stereocenters. The van der Waals surface area contributed by atoms with E-state index in [1.807, 2.05) is 6.07 Å². The molecule has 152 valence electrons. The van der Waals surface area contributed by atoms with E-state index in [-0.39, 0.29) is 24.0 Å². The fourth-order valence-corrected chi connectivity index (χ4v) is 6.05. The zero-order chi connectivity index (χ0) is 20.3. The first-order chi connectivity index (χ1) is 13.2. The molecule has 0 spiro atoms. The number of nitrogens with zero attached hydrogens (tertiary/aromatic N) is 3. The smallest absolute Gasteiger partial charge is 0.321 e. The van der Waals surface area contributed by atoms with Crippen molar-refractivity contribution in [3.05, 3.63) is 27.2 Å². The van der Waals surface area contributed by atoms with E-state index in [9.17, 15) is 18.0 Å². The van der Waals surface area contributed by atoms with Gasteiger partial charge in [0.1, 0.15) is 0 Å². The predicted octanol–water partition coefficient (Wildman–Crippen LogP) is 1.97. The Kier molecular flexibility index (Phi) is 6.53. The summed E-state index contributed by atoms with van der Waals surface area (Å²) in [6, 6.07) is 3.17. The second kappa shape index (κ2) is 8.72. The first kappa shape index (κ1) is 21.0. The Labute approximate surface area is 175 Å². The maximum absolute atomic E-state index is 12.4. The molecule has 28 heavy (non-hydrogen) atoms. The molecule has 0 aliphatic carbocycles. The van der Waals surface area contributed by atoms with Crippen molar-refractivity contribution < 1.29 is 18.0 Å². The number of amides is 3. The van der Waals surface area contributed by atoms with E-state index in [1.54, 1.807) is 13.1 Å². The summed E-state index contributed by atoms with van der Waals surface area (Å²) in [5.74, 6) is -0.432. The largest absolute Gasteiger partial charge is 0.338 e. The van der Waals surface area contributed by atoms with Crippen LogP contribution in [0.4, 0.5) is 9.93 Å². The molecule has 1 fully saturated rings. The maximum atomic E-state index is 12.4. The second-order valence-electron chi connectivity index (χ2n) is 6.32. The number of thiophene rings is 1. The van der Waals surface area contributed by atoms with Crippen molar-refractivity contribution in [1.29, 1.82) is 0 Å². The van der Waals surface area contributed by atoms with Crippen LogP contribution in [0.15, 0.2) is 12.1 Å². The average Bonchev–Trinajstić information content (AvgIpc) is 3.33. The molecular formula is C15H18ClN5O4S3. The van der Waals surface area contributed by atoms with Gasteiger partial charge >= 0.3 is 6.03 Å². The number of hydrogen-bond donors (Lipinski definition) is 2. The molecule has 2 aromatic heterocycles. The van der Waals surface area contributed by atoms with E-state index < -0.39 is 21.8 Å². The number of aromatic nitrogens is 2. The van der Waals surface area contributed by atoms with Crippen LogP contribution in [0.3, 0.4) is 0 Å². The summed E-state index contributed by atoms with van der Waals surface area (Å²) in [5.41, 5.74) is 0. The molecule has 0 aromatic carbocycles. The molecule has 3 rings (SSSR count). The predicted molar refractivity (Wildman–Crippen MR) is 108 cm³/mol. The van der Waals surface area contributed by atoms with E-state index in [2.05, 4.69) is 20.0 Å². The van der Waals surface area contributed by atoms with Gasteiger partial charge in [0.25, 0.3) is 0 Å². The van der Waals surface area contributed by atoms with Crippen LogP contribution in [-0.4, -0.2) is 53.2 Å². The summed E-state index contributed by atoms with van der Waals surface area (Å²) >= 11 is 8.23. The number of rotatable bonds is 6. The molecule has 3 amide bonds. The van der Waals surface area contributed by atoms with E-state index in [4.69, 9.17) is 11.6 Å². The summed E-state index contributed by atoms with van der Waals surface area (Å²) in [6.07, 6.45) is 0.346. The third-order valence-corrected chi connectivity index (χ3v) is 7.74. The molecular weight excluding hydrogens is 446 g/mol. The quantitative estimate of drug-likeness (QED) is 0.675. The Bertz CT molecular complexity index is 974. The minimum absolute atomic E-state index is 0.0487. The number of carbonyl (C=O) groups is 2. The Morgan fingerprint density at radius 2 is 2.18 bits per heavy atom. The topological polar surface area (TPSA) is 121 Å². The summed E-state index contributed by atoms with van der Waals surface area (Å²) in [6.45, 7) is 0.485. The van der Waals surface area contributed by atoms with Gasteiger partial charge in [0.05, 0.1) is 34.8 Å². The lowest BCUT2D eigenvalue weighted by molar-refractivity contribution is -0.134. The lowest BCUT2D eigenvalue weighted by Crippen LogP contribution is -2.33. The molecule has 0 saturated carbocycles. The highest BCUT2D eigenvalue weighted by Gasteiger charge is 2.34. The normalized spacial score (nSPS) is 18.0. The molecule has 9 nitrogen and oxygen atoms in total. The number of sulfone groups is 1. The van der Waals surface area contributed by atoms with E-state index in [1.165, 1.54) is 16.2 Å². The lowest BCUT2D eigenvalue weighted by atomic mass is 10.1. The molecule has 13 heteroatoms. The molecule has 1 aliphatic heterocycles. The average molecular weight is 464 g/mol. The first-order valence-electron chi connectivity index (χ1n) is 8.29. The number of carbonyl (C=O) groups excluding carboxylic acids is 2. The number of nitrogens with one attached hydrogen (secondary N) is 2. The highest BCUT2D eigenvalue weighted by atomic mass is 35.5. The molecule has 3 heterocycles. The van der Waals surface area contributed by atoms with Crippen LogP contribution in [0.2, 0.25) is 4.34 Å². The van der Waals surface area contributed by atoms with Gasteiger partial charge in [-0.25, -0.2) is 18.2 Å². The maximum Gasteiger partial charge on any atom is 0.321 e. The first-order valence-corrected chi connectivity index (χ1v) is 12.1. The van der Waals surface area contributed by atoms with Crippen LogP contribution in [0.25, 0.3) is 0 Å². The minimum atomic E-state index is -3.12. The fraction of sp³-hybridized carbons (Fsp3) is 0.467. The van der Waals surface area contributed by atoms with Crippen LogP contribution in [0.5, 0.6) is 0 Å². The summed E-state index contributed by atoms with van der Waals surface area (Å²) in [5, 5.41) is 5.59. The zero-order valence-corrected chi connectivity index (χ0v) is 18.1. The zero-order valence-electron chi connectivity index (χ0n) is 14.8. The van der Waals surface area contributed by atoms with Gasteiger partial charge in [-0.05, 0) is 18.6 Å². The van der Waals surface area contributed by atoms with Crippen molar-refractivity contribution in [1.82, 2.24) is 19.6 Å². The van der Waals surface area contributed by atoms with Crippen LogP contribution < -0.4 is 10.6 Å². The van der Waals surface area contributed by atoms with Gasteiger partial charge in [-0.15, -0.1) is 11.3 Å². The van der Waals surface area contributed by atoms with Crippen LogP contribution in [0, 0.1) is 5.92 Å². The molecule has 2 aromatic rings. The highest BCUT2D eigenvalue weighted by molar-refractivity contribution is 7.91. The minimum Gasteiger partial charge on any atom is -0.338 e. The molecule has 2 N–H and O–H groups in total. The van der Waals surface area contributed by atoms with Gasteiger partial charge in [0.2, 0.25) is 11.0 Å². The molecule has 1 saturated heterocycles. The van der Waals surface area contributed by atoms with Gasteiger partial charge in [-0.3, -0.25) is 10.1 Å². The molecule has 1 unspecified atom stereocenters. The SMILES string of the molecule is CN(Cc1nsc(NC(=O)NCc2ccc(Cl)s2)n1)C(=O)C1CCS(=O)(=O)C1. The number of halogens is 1. The van der Waals surface area contributed by atoms with E-state index >= 15 is 0 Å². The van der Waals surface area contributed by atoms with Crippen molar-refractivity contribution in [2.24, 2.45) is 5.92 Å². The number of hydrogen-bond acceptors (Lipinski definition) is 8. The molecule has 0 radical (unpaired) electrons. The summed E-state index contributed by atoms with van der Waals surface area (Å²) < 4.78 is 27.8. The molecule has 0 bridgehead atoms. The summed E-state index contributed by atoms with van der Waals surface area (Å²) in [7, 11) is -1.53. The second-order valence-corrected chi connectivity index (χ2v) is 11.1. The van der Waals surface area contributed by atoms with Gasteiger partial charge in [0.15, 0.2) is 15.7 Å². The lowest BCUT2D eigenvalue weighted by Gasteiger charge is -2.18. The van der Waals surface area contributed by atoms with Gasteiger partial charge < -0.3 is 10.2 Å². The Balaban J connectivity index is 1.48. The standard InChI is InChI=1S/C15H18ClN5O4S3/c1-21(13(22)9-4-5-28(24,25)8-9)7-12-18-15(27-20-12)19-14(23)17-6-10-2-3-11(16)26-10/h2-3,9H,4-8H2,1H3,(H2,17,18,19,20,23). The Morgan fingerprint density at radius 1 is 1.39 bits per heavy atom. The van der Waals surface area contributed by atoms with Crippen LogP contribution in [0.1, 0.15) is 17.1 Å². The van der Waals surface area contributed by atoms with Crippen LogP contribution in [-0.2, 0) is 27.7 Å². The van der Waals surface area contributed by atoms with Crippen molar-refractivity contribution in [3.8, 4) is 0 Å². The van der Waals surface area contributed by atoms with E-state index in [0.717, 1.165) is 16.4 Å². The molecule has 1 aliphatic rings. The Hall–Kier alpha value is -1.76. The number of urea groups is 1. The van der Waals surface area contributed by atoms with E-state index in [0.29, 0.717) is 28.3 Å². The van der Waals surface area contributed by atoms with Crippen molar-refractivity contribution in [3.63, 3.8) is 0 Å². The summed E-state index contributed by atoms with van der Waals surface area (Å²) in [4.78, 5) is 30.8. The van der Waals surface area contributed by atoms with Crippen molar-refractivity contribution >= 4 is 61.4 Å². The van der Waals surface area contributed by atoms with Gasteiger partial charge in [-0.2, -0.15) is 4.37 Å². The van der Waals surface area contributed by atoms with Crippen LogP contribution >= 0.6 is 34.5 Å². The Morgan fingerprint density at radius 3 is 2.82 bits per heavy atom. The third kappa shape index (κ3) is 5.63. The third-order valence-electron chi connectivity index (χ3n) is 4.08. The van der Waals surface area contributed by atoms with Gasteiger partial charge in [-0.1, -0.05) is 11.6 Å². The van der Waals surface area contributed by atoms with Crippen molar-refractivity contribution in [2.75, 3.05) is 23.9 Å².